The Morgan fingerprint density at radius 1 is 0.923 bits per heavy atom. The lowest BCUT2D eigenvalue weighted by Crippen LogP contribution is -2.45. The van der Waals surface area contributed by atoms with Gasteiger partial charge < -0.3 is 10.0 Å². The Balaban J connectivity index is 0.000000438. The smallest absolute Gasteiger partial charge is 0.0672 e. The molecule has 2 atom stereocenters. The van der Waals surface area contributed by atoms with E-state index in [1.807, 2.05) is 30.3 Å². The molecule has 1 aliphatic heterocycles. The largest absolute Gasteiger partial charge is 0.390 e. The standard InChI is InChI=1S/C27H37ClN2OS.C7H8/c1-29(32-26-12-6-5-11-25(26)28)24-14-13-23(20-24)21-30-18-16-27(31,17-19-30)15-7-10-22-8-3-2-4-9-22;1-7-5-3-2-4-6-7/h2-6,8-9,11-12,23-24,31H,7,10,13-21H2,1H3;2-6H,1H3. The van der Waals surface area contributed by atoms with Gasteiger partial charge in [-0.3, -0.25) is 0 Å². The van der Waals surface area contributed by atoms with E-state index in [1.165, 1.54) is 36.9 Å². The van der Waals surface area contributed by atoms with Gasteiger partial charge in [-0.2, -0.15) is 0 Å². The van der Waals surface area contributed by atoms with Crippen molar-refractivity contribution >= 4 is 23.5 Å². The first kappa shape index (κ1) is 30.1. The van der Waals surface area contributed by atoms with E-state index >= 15 is 0 Å². The number of benzene rings is 3. The normalized spacial score (nSPS) is 20.9. The Bertz CT molecular complexity index is 1100. The summed E-state index contributed by atoms with van der Waals surface area (Å²) in [5.74, 6) is 0.763. The Hall–Kier alpha value is -1.82. The molecule has 2 aliphatic rings. The molecule has 0 radical (unpaired) electrons. The molecule has 0 aromatic heterocycles. The molecule has 2 fully saturated rings. The van der Waals surface area contributed by atoms with Crippen molar-refractivity contribution < 1.29 is 5.11 Å². The number of likely N-dealkylation sites (tertiary alicyclic amines) is 1. The SMILES string of the molecule is CN(Sc1ccccc1Cl)C1CCC(CN2CCC(O)(CCCc3ccccc3)CC2)C1.Cc1ccccc1. The molecule has 5 heteroatoms. The van der Waals surface area contributed by atoms with Gasteiger partial charge in [0.15, 0.2) is 0 Å². The molecule has 1 saturated heterocycles. The molecule has 0 amide bonds. The number of rotatable bonds is 9. The summed E-state index contributed by atoms with van der Waals surface area (Å²) >= 11 is 8.12. The molecule has 1 aliphatic carbocycles. The maximum absolute atomic E-state index is 11.1. The molecule has 1 N–H and O–H groups in total. The van der Waals surface area contributed by atoms with Crippen LogP contribution >= 0.6 is 23.5 Å². The van der Waals surface area contributed by atoms with Crippen molar-refractivity contribution in [1.82, 2.24) is 9.21 Å². The van der Waals surface area contributed by atoms with E-state index in [-0.39, 0.29) is 0 Å². The minimum absolute atomic E-state index is 0.463. The lowest BCUT2D eigenvalue weighted by Gasteiger charge is -2.39. The van der Waals surface area contributed by atoms with Gasteiger partial charge in [0.05, 0.1) is 10.6 Å². The summed E-state index contributed by atoms with van der Waals surface area (Å²) < 4.78 is 2.41. The van der Waals surface area contributed by atoms with Crippen LogP contribution in [0.2, 0.25) is 5.02 Å². The van der Waals surface area contributed by atoms with Crippen LogP contribution < -0.4 is 0 Å². The zero-order chi connectivity index (χ0) is 27.5. The fourth-order valence-electron chi connectivity index (χ4n) is 5.86. The minimum atomic E-state index is -0.463. The summed E-state index contributed by atoms with van der Waals surface area (Å²) in [6, 6.07) is 29.6. The number of hydrogen-bond acceptors (Lipinski definition) is 4. The van der Waals surface area contributed by atoms with Crippen LogP contribution in [0, 0.1) is 12.8 Å². The van der Waals surface area contributed by atoms with Gasteiger partial charge in [-0.1, -0.05) is 90.0 Å². The van der Waals surface area contributed by atoms with E-state index in [0.29, 0.717) is 6.04 Å². The second-order valence-electron chi connectivity index (χ2n) is 11.4. The van der Waals surface area contributed by atoms with Gasteiger partial charge in [-0.15, -0.1) is 0 Å². The molecule has 3 aromatic rings. The van der Waals surface area contributed by atoms with Gasteiger partial charge in [0, 0.05) is 30.6 Å². The fourth-order valence-corrected chi connectivity index (χ4v) is 7.05. The third-order valence-corrected chi connectivity index (χ3v) is 9.88. The van der Waals surface area contributed by atoms with Crippen LogP contribution in [-0.4, -0.2) is 52.6 Å². The molecule has 3 nitrogen and oxygen atoms in total. The van der Waals surface area contributed by atoms with Crippen molar-refractivity contribution in [3.05, 3.63) is 101 Å². The highest BCUT2D eigenvalue weighted by atomic mass is 35.5. The van der Waals surface area contributed by atoms with E-state index in [1.54, 1.807) is 11.9 Å². The highest BCUT2D eigenvalue weighted by Crippen LogP contribution is 2.37. The van der Waals surface area contributed by atoms with Crippen LogP contribution in [0.15, 0.2) is 89.8 Å². The van der Waals surface area contributed by atoms with E-state index in [2.05, 4.69) is 77.8 Å². The van der Waals surface area contributed by atoms with Crippen molar-refractivity contribution in [1.29, 1.82) is 0 Å². The predicted molar refractivity (Wildman–Crippen MR) is 167 cm³/mol. The number of aryl methyl sites for hydroxylation is 2. The van der Waals surface area contributed by atoms with E-state index in [9.17, 15) is 5.11 Å². The van der Waals surface area contributed by atoms with Crippen molar-refractivity contribution in [2.75, 3.05) is 26.7 Å². The zero-order valence-corrected chi connectivity index (χ0v) is 25.2. The van der Waals surface area contributed by atoms with Crippen LogP contribution in [-0.2, 0) is 6.42 Å². The average molecular weight is 565 g/mol. The highest BCUT2D eigenvalue weighted by Gasteiger charge is 2.34. The second kappa shape index (κ2) is 15.3. The van der Waals surface area contributed by atoms with Crippen molar-refractivity contribution in [3.8, 4) is 0 Å². The lowest BCUT2D eigenvalue weighted by atomic mass is 9.85. The molecular formula is C34H45ClN2OS. The average Bonchev–Trinajstić information content (AvgIpc) is 3.42. The van der Waals surface area contributed by atoms with Crippen LogP contribution in [0.25, 0.3) is 0 Å². The Morgan fingerprint density at radius 3 is 2.21 bits per heavy atom. The molecule has 5 rings (SSSR count). The zero-order valence-electron chi connectivity index (χ0n) is 23.6. The molecule has 210 valence electrons. The van der Waals surface area contributed by atoms with Crippen molar-refractivity contribution in [3.63, 3.8) is 0 Å². The summed E-state index contributed by atoms with van der Waals surface area (Å²) in [7, 11) is 2.21. The minimum Gasteiger partial charge on any atom is -0.390 e. The van der Waals surface area contributed by atoms with Gasteiger partial charge in [-0.25, -0.2) is 4.31 Å². The predicted octanol–water partition coefficient (Wildman–Crippen LogP) is 8.29. The first-order valence-corrected chi connectivity index (χ1v) is 15.7. The molecular weight excluding hydrogens is 520 g/mol. The van der Waals surface area contributed by atoms with Gasteiger partial charge in [0.2, 0.25) is 0 Å². The van der Waals surface area contributed by atoms with Crippen molar-refractivity contribution in [2.45, 2.75) is 74.8 Å². The summed E-state index contributed by atoms with van der Waals surface area (Å²) in [6.45, 7) is 5.33. The van der Waals surface area contributed by atoms with Crippen LogP contribution in [0.5, 0.6) is 0 Å². The Kier molecular flexibility index (Phi) is 11.8. The monoisotopic (exact) mass is 564 g/mol. The third-order valence-electron chi connectivity index (χ3n) is 8.30. The number of piperidine rings is 1. The molecule has 1 heterocycles. The molecule has 2 unspecified atom stereocenters. The topological polar surface area (TPSA) is 26.7 Å². The van der Waals surface area contributed by atoms with Gasteiger partial charge in [-0.05, 0) is 101 Å². The summed E-state index contributed by atoms with van der Waals surface area (Å²) in [5, 5.41) is 11.9. The Morgan fingerprint density at radius 2 is 1.56 bits per heavy atom. The van der Waals surface area contributed by atoms with E-state index in [4.69, 9.17) is 11.6 Å². The van der Waals surface area contributed by atoms with E-state index in [0.717, 1.165) is 61.0 Å². The Labute approximate surface area is 245 Å². The van der Waals surface area contributed by atoms with Crippen LogP contribution in [0.3, 0.4) is 0 Å². The summed E-state index contributed by atoms with van der Waals surface area (Å²) in [5.41, 5.74) is 2.24. The summed E-state index contributed by atoms with van der Waals surface area (Å²) in [4.78, 5) is 3.74. The third kappa shape index (κ3) is 9.95. The maximum atomic E-state index is 11.1. The lowest BCUT2D eigenvalue weighted by molar-refractivity contribution is -0.0314. The second-order valence-corrected chi connectivity index (χ2v) is 13.0. The first-order valence-electron chi connectivity index (χ1n) is 14.6. The first-order chi connectivity index (χ1) is 18.9. The summed E-state index contributed by atoms with van der Waals surface area (Å²) in [6.07, 6.45) is 8.71. The molecule has 0 spiro atoms. The number of hydrogen-bond donors (Lipinski definition) is 1. The van der Waals surface area contributed by atoms with Crippen molar-refractivity contribution in [2.24, 2.45) is 5.92 Å². The van der Waals surface area contributed by atoms with Crippen LogP contribution in [0.1, 0.15) is 56.1 Å². The van der Waals surface area contributed by atoms with E-state index < -0.39 is 5.60 Å². The molecule has 3 aromatic carbocycles. The number of nitrogens with zero attached hydrogens (tertiary/aromatic N) is 2. The number of halogens is 1. The molecule has 1 saturated carbocycles. The number of aliphatic hydroxyl groups is 1. The maximum Gasteiger partial charge on any atom is 0.0672 e. The van der Waals surface area contributed by atoms with Gasteiger partial charge in [0.1, 0.15) is 0 Å². The fraction of sp³-hybridized carbons (Fsp3) is 0.471. The van der Waals surface area contributed by atoms with Crippen LogP contribution in [0.4, 0.5) is 0 Å². The molecule has 0 bridgehead atoms. The molecule has 39 heavy (non-hydrogen) atoms. The van der Waals surface area contributed by atoms with Gasteiger partial charge in [0.25, 0.3) is 0 Å². The quantitative estimate of drug-likeness (QED) is 0.264. The van der Waals surface area contributed by atoms with Gasteiger partial charge >= 0.3 is 0 Å². The highest BCUT2D eigenvalue weighted by molar-refractivity contribution is 7.97.